The summed E-state index contributed by atoms with van der Waals surface area (Å²) in [6.45, 7) is 8.13. The Hall–Kier alpha value is -2.45. The maximum Gasteiger partial charge on any atom is 0.312 e. The number of fused-ring (bicyclic) bond motifs is 1. The smallest absolute Gasteiger partial charge is 0.312 e. The van der Waals surface area contributed by atoms with Gasteiger partial charge >= 0.3 is 5.97 Å². The molecular formula is C26H36N2O6. The lowest BCUT2D eigenvalue weighted by atomic mass is 9.65. The number of hydrogen-bond donors (Lipinski definition) is 2. The third-order valence-electron chi connectivity index (χ3n) is 8.01. The van der Waals surface area contributed by atoms with Crippen molar-refractivity contribution in [3.8, 4) is 0 Å². The average molecular weight is 473 g/mol. The third kappa shape index (κ3) is 3.62. The SMILES string of the molecule is CCOC(=O)[C@H]1[C@H]2C(=O)N(CCCCO)C(C(=O)Nc3c(C)cccc3C)C23CC[C@]1(CC)O3. The zero-order valence-corrected chi connectivity index (χ0v) is 20.6. The standard InChI is InChI=1S/C26H36N2O6/c1-5-25-12-13-26(34-25)18(19(25)24(32)33-6-2)23(31)28(14-7-8-15-29)21(26)22(30)27-20-16(3)10-9-11-17(20)4/h9-11,18-19,21,29H,5-8,12-15H2,1-4H3,(H,27,30)/t18-,19+,21?,25-,26?/m0/s1. The number of rotatable bonds is 9. The lowest BCUT2D eigenvalue weighted by Crippen LogP contribution is -2.53. The van der Waals surface area contributed by atoms with E-state index in [1.54, 1.807) is 11.8 Å². The van der Waals surface area contributed by atoms with E-state index in [0.717, 1.165) is 16.8 Å². The van der Waals surface area contributed by atoms with Crippen molar-refractivity contribution in [2.75, 3.05) is 25.1 Å². The minimum atomic E-state index is -1.07. The van der Waals surface area contributed by atoms with Crippen molar-refractivity contribution in [1.29, 1.82) is 0 Å². The van der Waals surface area contributed by atoms with Crippen molar-refractivity contribution in [1.82, 2.24) is 4.90 Å². The molecule has 2 unspecified atom stereocenters. The summed E-state index contributed by atoms with van der Waals surface area (Å²) < 4.78 is 12.1. The summed E-state index contributed by atoms with van der Waals surface area (Å²) in [6, 6.07) is 4.95. The largest absolute Gasteiger partial charge is 0.466 e. The highest BCUT2D eigenvalue weighted by Gasteiger charge is 2.78. The summed E-state index contributed by atoms with van der Waals surface area (Å²) in [7, 11) is 0. The maximum absolute atomic E-state index is 13.9. The van der Waals surface area contributed by atoms with E-state index in [9.17, 15) is 19.5 Å². The number of likely N-dealkylation sites (tertiary alicyclic amines) is 1. The highest BCUT2D eigenvalue weighted by atomic mass is 16.6. The highest BCUT2D eigenvalue weighted by molar-refractivity contribution is 6.04. The summed E-state index contributed by atoms with van der Waals surface area (Å²) in [4.78, 5) is 42.4. The topological polar surface area (TPSA) is 105 Å². The molecule has 0 saturated carbocycles. The third-order valence-corrected chi connectivity index (χ3v) is 8.01. The number of unbranched alkanes of at least 4 members (excludes halogenated alkanes) is 1. The number of anilines is 1. The number of aliphatic hydroxyl groups is 1. The van der Waals surface area contributed by atoms with Gasteiger partial charge in [-0.3, -0.25) is 14.4 Å². The number of amides is 2. The van der Waals surface area contributed by atoms with Gasteiger partial charge in [-0.25, -0.2) is 0 Å². The maximum atomic E-state index is 13.9. The fourth-order valence-corrected chi connectivity index (χ4v) is 6.45. The monoisotopic (exact) mass is 472 g/mol. The first-order valence-electron chi connectivity index (χ1n) is 12.4. The fraction of sp³-hybridized carbons (Fsp3) is 0.654. The Morgan fingerprint density at radius 1 is 1.21 bits per heavy atom. The number of carbonyl (C=O) groups is 3. The molecule has 1 aromatic rings. The molecule has 8 nitrogen and oxygen atoms in total. The zero-order valence-electron chi connectivity index (χ0n) is 20.6. The molecule has 1 aromatic carbocycles. The van der Waals surface area contributed by atoms with E-state index in [2.05, 4.69) is 5.32 Å². The molecule has 0 radical (unpaired) electrons. The summed E-state index contributed by atoms with van der Waals surface area (Å²) in [5.41, 5.74) is 0.745. The molecule has 0 aromatic heterocycles. The summed E-state index contributed by atoms with van der Waals surface area (Å²) in [6.07, 6.45) is 2.79. The van der Waals surface area contributed by atoms with Crippen LogP contribution in [0.25, 0.3) is 0 Å². The molecule has 0 aliphatic carbocycles. The summed E-state index contributed by atoms with van der Waals surface area (Å²) in [5, 5.41) is 12.3. The Morgan fingerprint density at radius 2 is 1.91 bits per heavy atom. The Bertz CT molecular complexity index is 960. The van der Waals surface area contributed by atoms with Gasteiger partial charge in [0, 0.05) is 18.8 Å². The quantitative estimate of drug-likeness (QED) is 0.423. The number of carbonyl (C=O) groups excluding carboxylic acids is 3. The molecule has 1 spiro atoms. The summed E-state index contributed by atoms with van der Waals surface area (Å²) in [5.74, 6) is -2.42. The van der Waals surface area contributed by atoms with Gasteiger partial charge in [0.05, 0.1) is 18.1 Å². The molecule has 3 heterocycles. The number of hydrogen-bond acceptors (Lipinski definition) is 6. The fourth-order valence-electron chi connectivity index (χ4n) is 6.45. The predicted octanol–water partition coefficient (Wildman–Crippen LogP) is 2.73. The number of ether oxygens (including phenoxy) is 2. The van der Waals surface area contributed by atoms with Crippen LogP contribution in [0.2, 0.25) is 0 Å². The second kappa shape index (κ2) is 9.30. The number of nitrogens with zero attached hydrogens (tertiary/aromatic N) is 1. The van der Waals surface area contributed by atoms with Crippen molar-refractivity contribution < 1.29 is 29.0 Å². The first-order valence-corrected chi connectivity index (χ1v) is 12.4. The number of aryl methyl sites for hydroxylation is 2. The van der Waals surface area contributed by atoms with Crippen LogP contribution in [-0.4, -0.2) is 64.8 Å². The van der Waals surface area contributed by atoms with Crippen LogP contribution in [-0.2, 0) is 23.9 Å². The zero-order chi connectivity index (χ0) is 24.7. The minimum absolute atomic E-state index is 0.0107. The molecule has 3 fully saturated rings. The molecule has 3 aliphatic heterocycles. The van der Waals surface area contributed by atoms with E-state index in [-0.39, 0.29) is 25.0 Å². The molecule has 3 saturated heterocycles. The van der Waals surface area contributed by atoms with Crippen molar-refractivity contribution in [3.63, 3.8) is 0 Å². The van der Waals surface area contributed by atoms with Crippen molar-refractivity contribution in [2.45, 2.75) is 77.0 Å². The van der Waals surface area contributed by atoms with Gasteiger partial charge < -0.3 is 24.8 Å². The van der Waals surface area contributed by atoms with Gasteiger partial charge in [-0.15, -0.1) is 0 Å². The van der Waals surface area contributed by atoms with Gasteiger partial charge in [-0.1, -0.05) is 25.1 Å². The Morgan fingerprint density at radius 3 is 2.53 bits per heavy atom. The second-order valence-electron chi connectivity index (χ2n) is 9.80. The van der Waals surface area contributed by atoms with Crippen LogP contribution in [0, 0.1) is 25.7 Å². The van der Waals surface area contributed by atoms with Crippen LogP contribution in [0.3, 0.4) is 0 Å². The molecule has 2 amide bonds. The Labute approximate surface area is 201 Å². The van der Waals surface area contributed by atoms with Gasteiger partial charge in [0.25, 0.3) is 0 Å². The molecule has 3 aliphatic rings. The highest BCUT2D eigenvalue weighted by Crippen LogP contribution is 2.64. The van der Waals surface area contributed by atoms with E-state index < -0.39 is 35.0 Å². The van der Waals surface area contributed by atoms with Crippen LogP contribution >= 0.6 is 0 Å². The van der Waals surface area contributed by atoms with E-state index in [4.69, 9.17) is 9.47 Å². The van der Waals surface area contributed by atoms with Crippen LogP contribution in [0.4, 0.5) is 5.69 Å². The van der Waals surface area contributed by atoms with Crippen molar-refractivity contribution in [2.24, 2.45) is 11.8 Å². The van der Waals surface area contributed by atoms with Gasteiger partial charge in [-0.2, -0.15) is 0 Å². The number of benzene rings is 1. The molecule has 2 bridgehead atoms. The molecule has 186 valence electrons. The molecule has 2 N–H and O–H groups in total. The Kier molecular flexibility index (Phi) is 6.75. The van der Waals surface area contributed by atoms with Crippen LogP contribution in [0.5, 0.6) is 0 Å². The first-order chi connectivity index (χ1) is 16.3. The van der Waals surface area contributed by atoms with Gasteiger partial charge in [-0.05, 0) is 64.0 Å². The van der Waals surface area contributed by atoms with E-state index in [0.29, 0.717) is 38.6 Å². The normalized spacial score (nSPS) is 31.6. The van der Waals surface area contributed by atoms with E-state index in [1.807, 2.05) is 39.0 Å². The van der Waals surface area contributed by atoms with Crippen molar-refractivity contribution in [3.05, 3.63) is 29.3 Å². The molecule has 34 heavy (non-hydrogen) atoms. The molecule has 5 atom stereocenters. The lowest BCUT2D eigenvalue weighted by molar-refractivity contribution is -0.160. The van der Waals surface area contributed by atoms with E-state index in [1.165, 1.54) is 0 Å². The summed E-state index contributed by atoms with van der Waals surface area (Å²) >= 11 is 0. The number of nitrogens with one attached hydrogen (secondary N) is 1. The van der Waals surface area contributed by atoms with Gasteiger partial charge in [0.2, 0.25) is 11.8 Å². The molecule has 8 heteroatoms. The minimum Gasteiger partial charge on any atom is -0.466 e. The number of aliphatic hydroxyl groups excluding tert-OH is 1. The van der Waals surface area contributed by atoms with Gasteiger partial charge in [0.15, 0.2) is 0 Å². The van der Waals surface area contributed by atoms with Crippen LogP contribution in [0.15, 0.2) is 18.2 Å². The number of esters is 1. The Balaban J connectivity index is 1.75. The van der Waals surface area contributed by atoms with Crippen LogP contribution < -0.4 is 5.32 Å². The first kappa shape index (κ1) is 24.7. The van der Waals surface area contributed by atoms with Crippen LogP contribution in [0.1, 0.15) is 57.1 Å². The second-order valence-corrected chi connectivity index (χ2v) is 9.80. The van der Waals surface area contributed by atoms with E-state index >= 15 is 0 Å². The molecular weight excluding hydrogens is 436 g/mol. The lowest BCUT2D eigenvalue weighted by Gasteiger charge is -2.33. The average Bonchev–Trinajstić information content (AvgIpc) is 3.40. The number of para-hydroxylation sites is 1. The predicted molar refractivity (Wildman–Crippen MR) is 126 cm³/mol. The van der Waals surface area contributed by atoms with Gasteiger partial charge in [0.1, 0.15) is 17.6 Å². The molecule has 4 rings (SSSR count). The van der Waals surface area contributed by atoms with Crippen molar-refractivity contribution >= 4 is 23.5 Å².